The first-order chi connectivity index (χ1) is 19.8. The Morgan fingerprint density at radius 1 is 0.500 bits per heavy atom. The first kappa shape index (κ1) is 31.3. The van der Waals surface area contributed by atoms with Crippen LogP contribution in [0, 0.1) is 5.92 Å². The lowest BCUT2D eigenvalue weighted by molar-refractivity contribution is -0.138. The summed E-state index contributed by atoms with van der Waals surface area (Å²) >= 11 is 0. The summed E-state index contributed by atoms with van der Waals surface area (Å²) in [7, 11) is 0. The lowest BCUT2D eigenvalue weighted by Crippen LogP contribution is -2.16. The average Bonchev–Trinajstić information content (AvgIpc) is 2.94. The summed E-state index contributed by atoms with van der Waals surface area (Å²) in [6, 6.07) is 17.2. The second-order valence-corrected chi connectivity index (χ2v) is 9.99. The van der Waals surface area contributed by atoms with E-state index in [1.807, 2.05) is 24.3 Å². The van der Waals surface area contributed by atoms with Gasteiger partial charge in [-0.05, 0) is 67.3 Å². The standard InChI is InChI=1S/C34H32O8/c1-19(2)31(35)39-27-15-13-25(17-29(27)41-33(37)21(5)6)23-9-11-24(12-10-23)26-14-16-28(40-32(36)20(3)4)30(18-26)42-34(38)22(7)8/h9-18,20H,1,5,7H2,2-4,6,8H3. The maximum atomic E-state index is 12.3. The van der Waals surface area contributed by atoms with E-state index in [9.17, 15) is 19.2 Å². The largest absolute Gasteiger partial charge is 0.422 e. The zero-order chi connectivity index (χ0) is 31.1. The van der Waals surface area contributed by atoms with Crippen molar-refractivity contribution >= 4 is 23.9 Å². The van der Waals surface area contributed by atoms with Gasteiger partial charge in [0.2, 0.25) is 0 Å². The Morgan fingerprint density at radius 2 is 0.810 bits per heavy atom. The predicted octanol–water partition coefficient (Wildman–Crippen LogP) is 7.03. The van der Waals surface area contributed by atoms with E-state index in [1.165, 1.54) is 26.8 Å². The molecule has 3 aromatic carbocycles. The molecule has 0 saturated heterocycles. The molecule has 0 atom stereocenters. The van der Waals surface area contributed by atoms with Crippen molar-refractivity contribution in [3.63, 3.8) is 0 Å². The van der Waals surface area contributed by atoms with Gasteiger partial charge in [0.05, 0.1) is 5.92 Å². The summed E-state index contributed by atoms with van der Waals surface area (Å²) in [6.07, 6.45) is 0. The summed E-state index contributed by atoms with van der Waals surface area (Å²) in [6.45, 7) is 18.7. The van der Waals surface area contributed by atoms with Crippen LogP contribution in [0.2, 0.25) is 0 Å². The van der Waals surface area contributed by atoms with Crippen LogP contribution in [-0.2, 0) is 19.2 Å². The molecular formula is C34H32O8. The van der Waals surface area contributed by atoms with E-state index in [2.05, 4.69) is 19.7 Å². The lowest BCUT2D eigenvalue weighted by Gasteiger charge is -2.14. The molecule has 0 radical (unpaired) electrons. The van der Waals surface area contributed by atoms with Gasteiger partial charge in [0, 0.05) is 16.7 Å². The average molecular weight is 569 g/mol. The third-order valence-corrected chi connectivity index (χ3v) is 5.77. The van der Waals surface area contributed by atoms with Crippen molar-refractivity contribution < 1.29 is 38.1 Å². The van der Waals surface area contributed by atoms with Crippen LogP contribution in [0.1, 0.15) is 34.6 Å². The normalized spacial score (nSPS) is 10.4. The smallest absolute Gasteiger partial charge is 0.338 e. The quantitative estimate of drug-likeness (QED) is 0.146. The van der Waals surface area contributed by atoms with Gasteiger partial charge in [0.25, 0.3) is 0 Å². The Kier molecular flexibility index (Phi) is 9.99. The van der Waals surface area contributed by atoms with Gasteiger partial charge in [-0.1, -0.05) is 70.0 Å². The topological polar surface area (TPSA) is 105 Å². The first-order valence-electron chi connectivity index (χ1n) is 13.0. The number of esters is 4. The monoisotopic (exact) mass is 568 g/mol. The molecule has 0 spiro atoms. The highest BCUT2D eigenvalue weighted by atomic mass is 16.6. The van der Waals surface area contributed by atoms with E-state index < -0.39 is 23.9 Å². The van der Waals surface area contributed by atoms with Crippen molar-refractivity contribution in [1.29, 1.82) is 0 Å². The van der Waals surface area contributed by atoms with Gasteiger partial charge in [-0.3, -0.25) is 4.79 Å². The SMILES string of the molecule is C=C(C)C(=O)Oc1ccc(-c2ccc(-c3ccc(OC(=O)C(C)C)c(OC(=O)C(=C)C)c3)cc2)cc1OC(=O)C(=C)C. The molecule has 216 valence electrons. The number of hydrogen-bond donors (Lipinski definition) is 0. The van der Waals surface area contributed by atoms with Crippen molar-refractivity contribution in [3.8, 4) is 45.3 Å². The van der Waals surface area contributed by atoms with E-state index in [-0.39, 0.29) is 45.6 Å². The van der Waals surface area contributed by atoms with Crippen molar-refractivity contribution in [1.82, 2.24) is 0 Å². The number of benzene rings is 3. The molecule has 0 fully saturated rings. The van der Waals surface area contributed by atoms with Crippen molar-refractivity contribution in [2.45, 2.75) is 34.6 Å². The predicted molar refractivity (Wildman–Crippen MR) is 159 cm³/mol. The van der Waals surface area contributed by atoms with Crippen LogP contribution in [-0.4, -0.2) is 23.9 Å². The molecule has 0 aliphatic rings. The van der Waals surface area contributed by atoms with Crippen molar-refractivity contribution in [2.75, 3.05) is 0 Å². The van der Waals surface area contributed by atoms with Crippen LogP contribution in [0.4, 0.5) is 0 Å². The number of ether oxygens (including phenoxy) is 4. The minimum atomic E-state index is -0.666. The number of carbonyl (C=O) groups excluding carboxylic acids is 4. The molecule has 0 aromatic heterocycles. The Labute approximate surface area is 244 Å². The molecule has 8 nitrogen and oxygen atoms in total. The van der Waals surface area contributed by atoms with E-state index in [0.29, 0.717) is 11.1 Å². The van der Waals surface area contributed by atoms with Crippen LogP contribution in [0.3, 0.4) is 0 Å². The molecule has 0 heterocycles. The fourth-order valence-electron chi connectivity index (χ4n) is 3.35. The third kappa shape index (κ3) is 7.91. The highest BCUT2D eigenvalue weighted by molar-refractivity contribution is 5.92. The number of hydrogen-bond acceptors (Lipinski definition) is 8. The first-order valence-corrected chi connectivity index (χ1v) is 13.0. The molecule has 0 aliphatic carbocycles. The highest BCUT2D eigenvalue weighted by Crippen LogP contribution is 2.37. The van der Waals surface area contributed by atoms with Gasteiger partial charge in [-0.15, -0.1) is 0 Å². The van der Waals surface area contributed by atoms with Gasteiger partial charge < -0.3 is 18.9 Å². The van der Waals surface area contributed by atoms with Crippen LogP contribution in [0.25, 0.3) is 22.3 Å². The Balaban J connectivity index is 1.96. The van der Waals surface area contributed by atoms with Crippen LogP contribution in [0.15, 0.2) is 97.1 Å². The molecule has 3 rings (SSSR count). The minimum absolute atomic E-state index is 0.0506. The summed E-state index contributed by atoms with van der Waals surface area (Å²) in [4.78, 5) is 48.8. The van der Waals surface area contributed by atoms with Gasteiger partial charge in [0.1, 0.15) is 0 Å². The van der Waals surface area contributed by atoms with E-state index in [1.54, 1.807) is 44.2 Å². The second kappa shape index (κ2) is 13.4. The lowest BCUT2D eigenvalue weighted by atomic mass is 9.99. The third-order valence-electron chi connectivity index (χ3n) is 5.77. The van der Waals surface area contributed by atoms with E-state index in [0.717, 1.165) is 11.1 Å². The van der Waals surface area contributed by atoms with E-state index in [4.69, 9.17) is 18.9 Å². The molecule has 42 heavy (non-hydrogen) atoms. The summed E-state index contributed by atoms with van der Waals surface area (Å²) in [5.74, 6) is -2.49. The molecule has 8 heteroatoms. The molecule has 3 aromatic rings. The van der Waals surface area contributed by atoms with Crippen LogP contribution in [0.5, 0.6) is 23.0 Å². The number of rotatable bonds is 10. The molecule has 0 saturated carbocycles. The van der Waals surface area contributed by atoms with Gasteiger partial charge in [-0.25, -0.2) is 14.4 Å². The second-order valence-electron chi connectivity index (χ2n) is 9.99. The summed E-state index contributed by atoms with van der Waals surface area (Å²) in [5, 5.41) is 0. The summed E-state index contributed by atoms with van der Waals surface area (Å²) < 4.78 is 21.7. The van der Waals surface area contributed by atoms with E-state index >= 15 is 0 Å². The highest BCUT2D eigenvalue weighted by Gasteiger charge is 2.19. The maximum absolute atomic E-state index is 12.3. The fourth-order valence-corrected chi connectivity index (χ4v) is 3.35. The molecule has 0 amide bonds. The summed E-state index contributed by atoms with van der Waals surface area (Å²) in [5.41, 5.74) is 3.52. The Hall–Kier alpha value is -5.24. The molecule has 0 bridgehead atoms. The Bertz CT molecular complexity index is 1590. The fraction of sp³-hybridized carbons (Fsp3) is 0.176. The van der Waals surface area contributed by atoms with Gasteiger partial charge in [0.15, 0.2) is 23.0 Å². The minimum Gasteiger partial charge on any atom is -0.422 e. The van der Waals surface area contributed by atoms with Crippen molar-refractivity contribution in [2.24, 2.45) is 5.92 Å². The van der Waals surface area contributed by atoms with Gasteiger partial charge in [-0.2, -0.15) is 0 Å². The molecule has 0 aliphatic heterocycles. The van der Waals surface area contributed by atoms with Crippen LogP contribution < -0.4 is 18.9 Å². The molecule has 0 N–H and O–H groups in total. The van der Waals surface area contributed by atoms with Crippen LogP contribution >= 0.6 is 0 Å². The Morgan fingerprint density at radius 3 is 1.14 bits per heavy atom. The zero-order valence-corrected chi connectivity index (χ0v) is 24.2. The van der Waals surface area contributed by atoms with Gasteiger partial charge >= 0.3 is 23.9 Å². The van der Waals surface area contributed by atoms with Crippen molar-refractivity contribution in [3.05, 3.63) is 97.1 Å². The zero-order valence-electron chi connectivity index (χ0n) is 24.2. The molecular weight excluding hydrogens is 536 g/mol. The number of carbonyl (C=O) groups is 4. The molecule has 0 unspecified atom stereocenters. The maximum Gasteiger partial charge on any atom is 0.338 e.